The summed E-state index contributed by atoms with van der Waals surface area (Å²) in [7, 11) is 0. The van der Waals surface area contributed by atoms with Crippen LogP contribution in [0.25, 0.3) is 6.08 Å². The van der Waals surface area contributed by atoms with Crippen molar-refractivity contribution in [3.8, 4) is 5.75 Å². The second-order valence-electron chi connectivity index (χ2n) is 3.85. The summed E-state index contributed by atoms with van der Waals surface area (Å²) in [6.07, 6.45) is 2.97. The Kier molecular flexibility index (Phi) is 5.40. The molecule has 5 heteroatoms. The summed E-state index contributed by atoms with van der Waals surface area (Å²) in [6.45, 7) is 0. The van der Waals surface area contributed by atoms with Gasteiger partial charge in [-0.2, -0.15) is 0 Å². The lowest BCUT2D eigenvalue weighted by Crippen LogP contribution is -2.04. The van der Waals surface area contributed by atoms with Crippen molar-refractivity contribution in [3.63, 3.8) is 0 Å². The van der Waals surface area contributed by atoms with Crippen molar-refractivity contribution >= 4 is 55.5 Å². The lowest BCUT2D eigenvalue weighted by molar-refractivity contribution is -0.128. The molecule has 0 unspecified atom stereocenters. The van der Waals surface area contributed by atoms with Crippen molar-refractivity contribution in [2.45, 2.75) is 0 Å². The molecule has 20 heavy (non-hydrogen) atoms. The Bertz CT molecular complexity index is 669. The summed E-state index contributed by atoms with van der Waals surface area (Å²) in [5.41, 5.74) is 0.765. The van der Waals surface area contributed by atoms with Gasteiger partial charge in [0, 0.05) is 15.6 Å². The van der Waals surface area contributed by atoms with Crippen LogP contribution in [0.15, 0.2) is 57.5 Å². The normalized spacial score (nSPS) is 10.8. The smallest absolute Gasteiger partial charge is 0.336 e. The van der Waals surface area contributed by atoms with E-state index in [1.807, 2.05) is 18.2 Å². The van der Waals surface area contributed by atoms with Gasteiger partial charge in [0.15, 0.2) is 0 Å². The van der Waals surface area contributed by atoms with Gasteiger partial charge in [0.2, 0.25) is 0 Å². The summed E-state index contributed by atoms with van der Waals surface area (Å²) >= 11 is 12.7. The zero-order valence-electron chi connectivity index (χ0n) is 10.1. The first kappa shape index (κ1) is 15.3. The summed E-state index contributed by atoms with van der Waals surface area (Å²) in [5.74, 6) is -0.00468. The minimum absolute atomic E-state index is 0.460. The van der Waals surface area contributed by atoms with Gasteiger partial charge in [-0.1, -0.05) is 45.7 Å². The quantitative estimate of drug-likeness (QED) is 0.376. The Morgan fingerprint density at radius 2 is 1.90 bits per heavy atom. The molecule has 0 atom stereocenters. The predicted octanol–water partition coefficient (Wildman–Crippen LogP) is 5.48. The molecule has 0 aliphatic rings. The summed E-state index contributed by atoms with van der Waals surface area (Å²) in [5, 5.41) is 0.585. The van der Waals surface area contributed by atoms with E-state index >= 15 is 0 Å². The van der Waals surface area contributed by atoms with Gasteiger partial charge in [-0.3, -0.25) is 0 Å². The molecule has 0 amide bonds. The standard InChI is InChI=1S/C15H9Br2ClO2/c16-11-6-7-14(12(17)9-11)20-15(19)8-5-10-3-1-2-4-13(10)18/h1-9H. The highest BCUT2D eigenvalue weighted by atomic mass is 79.9. The third-order valence-corrected chi connectivity index (χ3v) is 3.87. The maximum atomic E-state index is 11.7. The lowest BCUT2D eigenvalue weighted by atomic mass is 10.2. The molecule has 0 radical (unpaired) electrons. The highest BCUT2D eigenvalue weighted by Gasteiger charge is 2.06. The molecule has 0 saturated carbocycles. The molecule has 0 aliphatic heterocycles. The molecule has 2 nitrogen and oxygen atoms in total. The van der Waals surface area contributed by atoms with Crippen LogP contribution in [0.3, 0.4) is 0 Å². The van der Waals surface area contributed by atoms with Crippen LogP contribution in [0.1, 0.15) is 5.56 Å². The van der Waals surface area contributed by atoms with Gasteiger partial charge in [0.05, 0.1) is 4.47 Å². The second-order valence-corrected chi connectivity index (χ2v) is 6.03. The Hall–Kier alpha value is -1.10. The SMILES string of the molecule is O=C(C=Cc1ccccc1Cl)Oc1ccc(Br)cc1Br. The molecule has 2 aromatic rings. The van der Waals surface area contributed by atoms with E-state index in [2.05, 4.69) is 31.9 Å². The summed E-state index contributed by atoms with van der Waals surface area (Å²) in [4.78, 5) is 11.7. The molecule has 0 fully saturated rings. The molecule has 2 aromatic carbocycles. The minimum atomic E-state index is -0.465. The van der Waals surface area contributed by atoms with E-state index < -0.39 is 5.97 Å². The first-order valence-electron chi connectivity index (χ1n) is 5.66. The minimum Gasteiger partial charge on any atom is -0.422 e. The maximum absolute atomic E-state index is 11.7. The van der Waals surface area contributed by atoms with Gasteiger partial charge in [-0.05, 0) is 51.8 Å². The molecular weight excluding hydrogens is 407 g/mol. The molecule has 0 spiro atoms. The molecule has 0 N–H and O–H groups in total. The van der Waals surface area contributed by atoms with Crippen LogP contribution in [-0.4, -0.2) is 5.97 Å². The topological polar surface area (TPSA) is 26.3 Å². The lowest BCUT2D eigenvalue weighted by Gasteiger charge is -2.04. The van der Waals surface area contributed by atoms with Crippen molar-refractivity contribution < 1.29 is 9.53 Å². The van der Waals surface area contributed by atoms with Crippen molar-refractivity contribution in [2.24, 2.45) is 0 Å². The average Bonchev–Trinajstić information content (AvgIpc) is 2.41. The van der Waals surface area contributed by atoms with Crippen molar-refractivity contribution in [2.75, 3.05) is 0 Å². The van der Waals surface area contributed by atoms with Crippen LogP contribution in [0.2, 0.25) is 5.02 Å². The van der Waals surface area contributed by atoms with Gasteiger partial charge in [-0.15, -0.1) is 0 Å². The number of benzene rings is 2. The molecule has 0 saturated heterocycles. The molecule has 2 rings (SSSR count). The Morgan fingerprint density at radius 3 is 2.60 bits per heavy atom. The first-order chi connectivity index (χ1) is 9.56. The largest absolute Gasteiger partial charge is 0.422 e. The van der Waals surface area contributed by atoms with Gasteiger partial charge in [0.25, 0.3) is 0 Å². The van der Waals surface area contributed by atoms with E-state index in [1.165, 1.54) is 6.08 Å². The number of rotatable bonds is 3. The fourth-order valence-electron chi connectivity index (χ4n) is 1.47. The zero-order chi connectivity index (χ0) is 14.5. The van der Waals surface area contributed by atoms with Crippen LogP contribution in [-0.2, 0) is 4.79 Å². The molecular formula is C15H9Br2ClO2. The molecule has 0 aromatic heterocycles. The van der Waals surface area contributed by atoms with Crippen LogP contribution >= 0.6 is 43.5 Å². The molecule has 0 heterocycles. The maximum Gasteiger partial charge on any atom is 0.336 e. The summed E-state index contributed by atoms with van der Waals surface area (Å²) in [6, 6.07) is 12.6. The van der Waals surface area contributed by atoms with Gasteiger partial charge < -0.3 is 4.74 Å². The van der Waals surface area contributed by atoms with Crippen molar-refractivity contribution in [3.05, 3.63) is 68.1 Å². The fourth-order valence-corrected chi connectivity index (χ4v) is 2.80. The average molecular weight is 416 g/mol. The Morgan fingerprint density at radius 1 is 1.15 bits per heavy atom. The second kappa shape index (κ2) is 7.07. The Balaban J connectivity index is 2.08. The number of ether oxygens (including phenoxy) is 1. The van der Waals surface area contributed by atoms with E-state index in [-0.39, 0.29) is 0 Å². The van der Waals surface area contributed by atoms with E-state index in [9.17, 15) is 4.79 Å². The third-order valence-electron chi connectivity index (χ3n) is 2.41. The number of halogens is 3. The van der Waals surface area contributed by atoms with Crippen LogP contribution in [0.4, 0.5) is 0 Å². The van der Waals surface area contributed by atoms with Gasteiger partial charge in [-0.25, -0.2) is 4.79 Å². The number of carbonyl (C=O) groups is 1. The van der Waals surface area contributed by atoms with Crippen LogP contribution < -0.4 is 4.74 Å². The van der Waals surface area contributed by atoms with E-state index in [4.69, 9.17) is 16.3 Å². The summed E-state index contributed by atoms with van der Waals surface area (Å²) < 4.78 is 6.82. The van der Waals surface area contributed by atoms with Crippen molar-refractivity contribution in [1.82, 2.24) is 0 Å². The van der Waals surface area contributed by atoms with E-state index in [0.29, 0.717) is 15.2 Å². The predicted molar refractivity (Wildman–Crippen MR) is 88.0 cm³/mol. The third kappa shape index (κ3) is 4.20. The van der Waals surface area contributed by atoms with Gasteiger partial charge in [0.1, 0.15) is 5.75 Å². The van der Waals surface area contributed by atoms with E-state index in [0.717, 1.165) is 10.0 Å². The fraction of sp³-hybridized carbons (Fsp3) is 0. The number of hydrogen-bond donors (Lipinski definition) is 0. The van der Waals surface area contributed by atoms with Crippen LogP contribution in [0.5, 0.6) is 5.75 Å². The zero-order valence-corrected chi connectivity index (χ0v) is 14.1. The number of carbonyl (C=O) groups excluding carboxylic acids is 1. The number of esters is 1. The molecule has 0 bridgehead atoms. The highest BCUT2D eigenvalue weighted by Crippen LogP contribution is 2.28. The van der Waals surface area contributed by atoms with Crippen LogP contribution in [0, 0.1) is 0 Å². The number of hydrogen-bond acceptors (Lipinski definition) is 2. The van der Waals surface area contributed by atoms with E-state index in [1.54, 1.807) is 30.3 Å². The highest BCUT2D eigenvalue weighted by molar-refractivity contribution is 9.11. The Labute approximate surface area is 138 Å². The molecule has 0 aliphatic carbocycles. The monoisotopic (exact) mass is 414 g/mol. The first-order valence-corrected chi connectivity index (χ1v) is 7.62. The molecule has 102 valence electrons. The van der Waals surface area contributed by atoms with Crippen molar-refractivity contribution in [1.29, 1.82) is 0 Å². The van der Waals surface area contributed by atoms with Gasteiger partial charge >= 0.3 is 5.97 Å².